The Kier molecular flexibility index (Phi) is 1.91. The molecule has 1 aromatic rings. The van der Waals surface area contributed by atoms with Gasteiger partial charge in [0.2, 0.25) is 0 Å². The molecule has 2 aliphatic rings. The van der Waals surface area contributed by atoms with Gasteiger partial charge in [-0.25, -0.2) is 0 Å². The van der Waals surface area contributed by atoms with Crippen LogP contribution in [-0.2, 0) is 12.8 Å². The number of benzene rings is 1. The Hall–Kier alpha value is -1.50. The molecule has 0 saturated heterocycles. The standard InChI is InChI=1S/C14H15N/c15-14-9-10-5-1-2-6-11(10)12-7-3-4-8-13(12)14/h1,4-5,8-9H,2-3,6-7,15H2. The van der Waals surface area contributed by atoms with E-state index in [1.54, 1.807) is 0 Å². The number of rotatable bonds is 0. The summed E-state index contributed by atoms with van der Waals surface area (Å²) in [6.45, 7) is 0. The summed E-state index contributed by atoms with van der Waals surface area (Å²) >= 11 is 0. The van der Waals surface area contributed by atoms with Crippen LogP contribution in [0.4, 0.5) is 5.69 Å². The summed E-state index contributed by atoms with van der Waals surface area (Å²) in [4.78, 5) is 0. The predicted molar refractivity (Wildman–Crippen MR) is 65.6 cm³/mol. The summed E-state index contributed by atoms with van der Waals surface area (Å²) < 4.78 is 0. The number of hydrogen-bond acceptors (Lipinski definition) is 1. The molecule has 0 radical (unpaired) electrons. The Labute approximate surface area is 90.3 Å². The lowest BCUT2D eigenvalue weighted by atomic mass is 9.84. The molecule has 0 heterocycles. The van der Waals surface area contributed by atoms with Gasteiger partial charge in [-0.15, -0.1) is 0 Å². The summed E-state index contributed by atoms with van der Waals surface area (Å²) in [5, 5.41) is 0. The Balaban J connectivity index is 2.29. The summed E-state index contributed by atoms with van der Waals surface area (Å²) in [6.07, 6.45) is 13.5. The van der Waals surface area contributed by atoms with E-state index < -0.39 is 0 Å². The lowest BCUT2D eigenvalue weighted by Crippen LogP contribution is -2.08. The van der Waals surface area contributed by atoms with Crippen molar-refractivity contribution in [3.63, 3.8) is 0 Å². The van der Waals surface area contributed by atoms with Crippen molar-refractivity contribution in [2.24, 2.45) is 0 Å². The molecule has 1 nitrogen and oxygen atoms in total. The number of fused-ring (bicyclic) bond motifs is 3. The summed E-state index contributed by atoms with van der Waals surface area (Å²) in [7, 11) is 0. The minimum Gasteiger partial charge on any atom is -0.398 e. The van der Waals surface area contributed by atoms with Crippen molar-refractivity contribution in [2.75, 3.05) is 5.73 Å². The average Bonchev–Trinajstić information content (AvgIpc) is 2.30. The van der Waals surface area contributed by atoms with Gasteiger partial charge in [-0.2, -0.15) is 0 Å². The minimum absolute atomic E-state index is 0.936. The Morgan fingerprint density at radius 3 is 2.53 bits per heavy atom. The van der Waals surface area contributed by atoms with Crippen LogP contribution >= 0.6 is 0 Å². The molecule has 1 heteroatoms. The van der Waals surface area contributed by atoms with Gasteiger partial charge in [0.25, 0.3) is 0 Å². The van der Waals surface area contributed by atoms with Crippen LogP contribution < -0.4 is 5.73 Å². The van der Waals surface area contributed by atoms with E-state index in [0.29, 0.717) is 0 Å². The van der Waals surface area contributed by atoms with Crippen molar-refractivity contribution in [1.82, 2.24) is 0 Å². The van der Waals surface area contributed by atoms with Crippen LogP contribution in [0, 0.1) is 0 Å². The molecule has 0 amide bonds. The second kappa shape index (κ2) is 3.27. The van der Waals surface area contributed by atoms with E-state index in [4.69, 9.17) is 5.73 Å². The molecule has 0 unspecified atom stereocenters. The first kappa shape index (κ1) is 8.78. The molecule has 15 heavy (non-hydrogen) atoms. The first-order valence-corrected chi connectivity index (χ1v) is 5.63. The smallest absolute Gasteiger partial charge is 0.0396 e. The van der Waals surface area contributed by atoms with E-state index in [9.17, 15) is 0 Å². The molecule has 0 aliphatic heterocycles. The SMILES string of the molecule is Nc1cc2c(c3c1C=CCC3)CCC=C2. The first-order chi connectivity index (χ1) is 7.36. The molecule has 0 spiro atoms. The fourth-order valence-corrected chi connectivity index (χ4v) is 2.64. The Bertz CT molecular complexity index is 467. The van der Waals surface area contributed by atoms with Gasteiger partial charge in [0.1, 0.15) is 0 Å². The molecule has 0 saturated carbocycles. The number of anilines is 1. The molecule has 0 atom stereocenters. The van der Waals surface area contributed by atoms with Crippen molar-refractivity contribution in [3.05, 3.63) is 40.5 Å². The molecule has 0 aromatic heterocycles. The maximum Gasteiger partial charge on any atom is 0.0396 e. The van der Waals surface area contributed by atoms with Crippen LogP contribution in [0.15, 0.2) is 18.2 Å². The van der Waals surface area contributed by atoms with Crippen molar-refractivity contribution >= 4 is 17.8 Å². The number of allylic oxidation sites excluding steroid dienone is 2. The van der Waals surface area contributed by atoms with Gasteiger partial charge in [-0.1, -0.05) is 24.3 Å². The fraction of sp³-hybridized carbons (Fsp3) is 0.286. The number of hydrogen-bond donors (Lipinski definition) is 1. The van der Waals surface area contributed by atoms with Crippen LogP contribution in [0.25, 0.3) is 12.2 Å². The maximum atomic E-state index is 6.08. The lowest BCUT2D eigenvalue weighted by molar-refractivity contribution is 0.907. The third kappa shape index (κ3) is 1.30. The van der Waals surface area contributed by atoms with Crippen LogP contribution in [0.1, 0.15) is 35.1 Å². The van der Waals surface area contributed by atoms with Gasteiger partial charge in [0.05, 0.1) is 0 Å². The summed E-state index contributed by atoms with van der Waals surface area (Å²) in [5.41, 5.74) is 12.7. The maximum absolute atomic E-state index is 6.08. The largest absolute Gasteiger partial charge is 0.398 e. The lowest BCUT2D eigenvalue weighted by Gasteiger charge is -2.21. The zero-order valence-electron chi connectivity index (χ0n) is 8.79. The zero-order valence-corrected chi connectivity index (χ0v) is 8.79. The Morgan fingerprint density at radius 2 is 1.67 bits per heavy atom. The molecule has 3 rings (SSSR count). The quantitative estimate of drug-likeness (QED) is 0.635. The van der Waals surface area contributed by atoms with Gasteiger partial charge < -0.3 is 5.73 Å². The van der Waals surface area contributed by atoms with Crippen LogP contribution in [0.5, 0.6) is 0 Å². The first-order valence-electron chi connectivity index (χ1n) is 5.63. The van der Waals surface area contributed by atoms with Crippen molar-refractivity contribution in [2.45, 2.75) is 25.7 Å². The fourth-order valence-electron chi connectivity index (χ4n) is 2.64. The average molecular weight is 197 g/mol. The molecule has 76 valence electrons. The second-order valence-electron chi connectivity index (χ2n) is 4.31. The number of nitrogens with two attached hydrogens (primary N) is 1. The third-order valence-electron chi connectivity index (χ3n) is 3.36. The van der Waals surface area contributed by atoms with Crippen molar-refractivity contribution in [3.8, 4) is 0 Å². The third-order valence-corrected chi connectivity index (χ3v) is 3.36. The van der Waals surface area contributed by atoms with Gasteiger partial charge in [-0.3, -0.25) is 0 Å². The van der Waals surface area contributed by atoms with E-state index in [-0.39, 0.29) is 0 Å². The molecule has 0 fully saturated rings. The van der Waals surface area contributed by atoms with E-state index >= 15 is 0 Å². The van der Waals surface area contributed by atoms with E-state index in [1.807, 2.05) is 0 Å². The monoisotopic (exact) mass is 197 g/mol. The van der Waals surface area contributed by atoms with Crippen LogP contribution in [0.2, 0.25) is 0 Å². The summed E-state index contributed by atoms with van der Waals surface area (Å²) in [5.74, 6) is 0. The van der Waals surface area contributed by atoms with Crippen LogP contribution in [-0.4, -0.2) is 0 Å². The van der Waals surface area contributed by atoms with Gasteiger partial charge >= 0.3 is 0 Å². The molecule has 1 aromatic carbocycles. The zero-order chi connectivity index (χ0) is 10.3. The van der Waals surface area contributed by atoms with E-state index in [0.717, 1.165) is 18.5 Å². The molecular formula is C14H15N. The molecule has 2 aliphatic carbocycles. The normalized spacial score (nSPS) is 17.3. The van der Waals surface area contributed by atoms with Gasteiger partial charge in [-0.05, 0) is 48.4 Å². The Morgan fingerprint density at radius 1 is 0.933 bits per heavy atom. The van der Waals surface area contributed by atoms with Gasteiger partial charge in [0.15, 0.2) is 0 Å². The van der Waals surface area contributed by atoms with Crippen molar-refractivity contribution in [1.29, 1.82) is 0 Å². The highest BCUT2D eigenvalue weighted by molar-refractivity contribution is 5.76. The highest BCUT2D eigenvalue weighted by Gasteiger charge is 2.16. The van der Waals surface area contributed by atoms with E-state index in [1.165, 1.54) is 35.1 Å². The minimum atomic E-state index is 0.936. The van der Waals surface area contributed by atoms with Crippen LogP contribution in [0.3, 0.4) is 0 Å². The highest BCUT2D eigenvalue weighted by atomic mass is 14.6. The highest BCUT2D eigenvalue weighted by Crippen LogP contribution is 2.33. The molecular weight excluding hydrogens is 182 g/mol. The predicted octanol–water partition coefficient (Wildman–Crippen LogP) is 3.19. The number of nitrogen functional groups attached to an aromatic ring is 1. The second-order valence-corrected chi connectivity index (χ2v) is 4.31. The topological polar surface area (TPSA) is 26.0 Å². The summed E-state index contributed by atoms with van der Waals surface area (Å²) in [6, 6.07) is 2.12. The van der Waals surface area contributed by atoms with Crippen molar-refractivity contribution < 1.29 is 0 Å². The molecule has 2 N–H and O–H groups in total. The van der Waals surface area contributed by atoms with E-state index in [2.05, 4.69) is 30.4 Å². The van der Waals surface area contributed by atoms with Gasteiger partial charge in [0, 0.05) is 11.3 Å². The molecule has 0 bridgehead atoms.